The lowest BCUT2D eigenvalue weighted by Crippen LogP contribution is -2.34. The minimum Gasteiger partial charge on any atom is -0.497 e. The van der Waals surface area contributed by atoms with Gasteiger partial charge in [-0.1, -0.05) is 24.3 Å². The molecule has 0 radical (unpaired) electrons. The fourth-order valence-corrected chi connectivity index (χ4v) is 3.77. The van der Waals surface area contributed by atoms with Crippen molar-refractivity contribution < 1.29 is 14.3 Å². The Bertz CT molecular complexity index is 925. The quantitative estimate of drug-likeness (QED) is 0.783. The predicted molar refractivity (Wildman–Crippen MR) is 104 cm³/mol. The van der Waals surface area contributed by atoms with Crippen LogP contribution in [0.4, 0.5) is 5.69 Å². The highest BCUT2D eigenvalue weighted by molar-refractivity contribution is 6.45. The van der Waals surface area contributed by atoms with Crippen LogP contribution < -0.4 is 9.64 Å². The van der Waals surface area contributed by atoms with Crippen LogP contribution in [0.1, 0.15) is 24.0 Å². The molecule has 2 aromatic rings. The summed E-state index contributed by atoms with van der Waals surface area (Å²) >= 11 is 0. The van der Waals surface area contributed by atoms with E-state index in [1.807, 2.05) is 49.4 Å². The Balaban J connectivity index is 1.82. The van der Waals surface area contributed by atoms with Crippen molar-refractivity contribution >= 4 is 23.1 Å². The Morgan fingerprint density at radius 1 is 0.926 bits per heavy atom. The molecular weight excluding hydrogens is 340 g/mol. The van der Waals surface area contributed by atoms with Gasteiger partial charge in [-0.05, 0) is 55.2 Å². The topological polar surface area (TPSA) is 49.9 Å². The van der Waals surface area contributed by atoms with Gasteiger partial charge in [-0.3, -0.25) is 9.59 Å². The van der Waals surface area contributed by atoms with Crippen molar-refractivity contribution in [2.24, 2.45) is 0 Å². The molecule has 0 saturated carbocycles. The average molecular weight is 362 g/mol. The molecule has 1 fully saturated rings. The van der Waals surface area contributed by atoms with Crippen LogP contribution in [0.3, 0.4) is 0 Å². The Morgan fingerprint density at radius 3 is 2.26 bits per heavy atom. The van der Waals surface area contributed by atoms with E-state index in [4.69, 9.17) is 4.74 Å². The summed E-state index contributed by atoms with van der Waals surface area (Å²) in [5.74, 6) is 0.213. The Labute approximate surface area is 158 Å². The number of carbonyl (C=O) groups excluding carboxylic acids is 2. The third-order valence-electron chi connectivity index (χ3n) is 5.12. The van der Waals surface area contributed by atoms with Crippen LogP contribution in [0, 0.1) is 6.92 Å². The van der Waals surface area contributed by atoms with Crippen LogP contribution in [0.5, 0.6) is 5.75 Å². The molecule has 0 bridgehead atoms. The molecule has 0 aromatic heterocycles. The second kappa shape index (κ2) is 6.91. The molecule has 138 valence electrons. The predicted octanol–water partition coefficient (Wildman–Crippen LogP) is 3.38. The maximum absolute atomic E-state index is 13.3. The second-order valence-electron chi connectivity index (χ2n) is 6.93. The number of benzene rings is 2. The van der Waals surface area contributed by atoms with E-state index in [1.165, 1.54) is 4.90 Å². The lowest BCUT2D eigenvalue weighted by atomic mass is 10.0. The SMILES string of the molecule is COc1ccc(C2=C(N3CCCC3)C(=O)N(c3cccc(C)c3)C2=O)cc1. The number of amides is 2. The zero-order valence-corrected chi connectivity index (χ0v) is 15.6. The molecular formula is C22H22N2O3. The normalized spacial score (nSPS) is 17.3. The maximum Gasteiger partial charge on any atom is 0.282 e. The Kier molecular flexibility index (Phi) is 4.44. The van der Waals surface area contributed by atoms with Gasteiger partial charge in [-0.15, -0.1) is 0 Å². The zero-order chi connectivity index (χ0) is 19.0. The van der Waals surface area contributed by atoms with E-state index in [9.17, 15) is 9.59 Å². The van der Waals surface area contributed by atoms with Crippen LogP contribution in [0.15, 0.2) is 54.2 Å². The Hall–Kier alpha value is -3.08. The van der Waals surface area contributed by atoms with Crippen molar-refractivity contribution in [3.63, 3.8) is 0 Å². The molecule has 0 aliphatic carbocycles. The Morgan fingerprint density at radius 2 is 1.63 bits per heavy atom. The number of aryl methyl sites for hydroxylation is 1. The van der Waals surface area contributed by atoms with Crippen LogP contribution in [0.25, 0.3) is 5.57 Å². The summed E-state index contributed by atoms with van der Waals surface area (Å²) in [6.07, 6.45) is 2.07. The zero-order valence-electron chi connectivity index (χ0n) is 15.6. The number of rotatable bonds is 4. The summed E-state index contributed by atoms with van der Waals surface area (Å²) < 4.78 is 5.22. The third kappa shape index (κ3) is 2.99. The molecule has 5 heteroatoms. The summed E-state index contributed by atoms with van der Waals surface area (Å²) in [7, 11) is 1.60. The third-order valence-corrected chi connectivity index (χ3v) is 5.12. The first-order valence-corrected chi connectivity index (χ1v) is 9.19. The van der Waals surface area contributed by atoms with Gasteiger partial charge in [0.1, 0.15) is 11.4 Å². The molecule has 5 nitrogen and oxygen atoms in total. The van der Waals surface area contributed by atoms with Gasteiger partial charge in [0.15, 0.2) is 0 Å². The first-order valence-electron chi connectivity index (χ1n) is 9.19. The number of ether oxygens (including phenoxy) is 1. The van der Waals surface area contributed by atoms with Crippen molar-refractivity contribution in [1.82, 2.24) is 4.90 Å². The van der Waals surface area contributed by atoms with Crippen LogP contribution in [-0.2, 0) is 9.59 Å². The molecule has 2 amide bonds. The number of hydrogen-bond acceptors (Lipinski definition) is 4. The summed E-state index contributed by atoms with van der Waals surface area (Å²) in [6, 6.07) is 14.8. The molecule has 2 heterocycles. The van der Waals surface area contributed by atoms with Gasteiger partial charge in [-0.25, -0.2) is 4.90 Å². The molecule has 0 unspecified atom stereocenters. The van der Waals surface area contributed by atoms with Crippen molar-refractivity contribution in [2.75, 3.05) is 25.1 Å². The van der Waals surface area contributed by atoms with E-state index in [1.54, 1.807) is 13.2 Å². The number of imide groups is 1. The van der Waals surface area contributed by atoms with Crippen LogP contribution in [-0.4, -0.2) is 36.9 Å². The lowest BCUT2D eigenvalue weighted by Gasteiger charge is -2.20. The molecule has 27 heavy (non-hydrogen) atoms. The summed E-state index contributed by atoms with van der Waals surface area (Å²) in [6.45, 7) is 3.55. The molecule has 0 spiro atoms. The number of anilines is 1. The average Bonchev–Trinajstić information content (AvgIpc) is 3.28. The molecule has 4 rings (SSSR count). The molecule has 2 aromatic carbocycles. The molecule has 2 aliphatic rings. The van der Waals surface area contributed by atoms with Gasteiger partial charge in [0, 0.05) is 13.1 Å². The van der Waals surface area contributed by atoms with E-state index >= 15 is 0 Å². The molecule has 1 saturated heterocycles. The highest BCUT2D eigenvalue weighted by atomic mass is 16.5. The minimum atomic E-state index is -0.266. The molecule has 0 N–H and O–H groups in total. The number of carbonyl (C=O) groups is 2. The summed E-state index contributed by atoms with van der Waals surface area (Å²) in [4.78, 5) is 30.0. The molecule has 2 aliphatic heterocycles. The van der Waals surface area contributed by atoms with Crippen molar-refractivity contribution in [3.8, 4) is 5.75 Å². The summed E-state index contributed by atoms with van der Waals surface area (Å²) in [5, 5.41) is 0. The first kappa shape index (κ1) is 17.3. The highest BCUT2D eigenvalue weighted by Crippen LogP contribution is 2.36. The fraction of sp³-hybridized carbons (Fsp3) is 0.273. The van der Waals surface area contributed by atoms with E-state index in [0.29, 0.717) is 17.0 Å². The van der Waals surface area contributed by atoms with E-state index in [-0.39, 0.29) is 11.8 Å². The number of hydrogen-bond donors (Lipinski definition) is 0. The second-order valence-corrected chi connectivity index (χ2v) is 6.93. The molecule has 0 atom stereocenters. The lowest BCUT2D eigenvalue weighted by molar-refractivity contribution is -0.120. The van der Waals surface area contributed by atoms with Gasteiger partial charge < -0.3 is 9.64 Å². The minimum absolute atomic E-state index is 0.238. The standard InChI is InChI=1S/C22H22N2O3/c1-15-6-5-7-17(14-15)24-21(25)19(16-8-10-18(27-2)11-9-16)20(22(24)26)23-12-3-4-13-23/h5-11,14H,3-4,12-13H2,1-2H3. The van der Waals surface area contributed by atoms with Gasteiger partial charge in [0.05, 0.1) is 18.4 Å². The van der Waals surface area contributed by atoms with E-state index < -0.39 is 0 Å². The first-order chi connectivity index (χ1) is 13.1. The number of likely N-dealkylation sites (tertiary alicyclic amines) is 1. The fourth-order valence-electron chi connectivity index (χ4n) is 3.77. The monoisotopic (exact) mass is 362 g/mol. The van der Waals surface area contributed by atoms with Gasteiger partial charge in [-0.2, -0.15) is 0 Å². The van der Waals surface area contributed by atoms with Crippen molar-refractivity contribution in [3.05, 3.63) is 65.4 Å². The summed E-state index contributed by atoms with van der Waals surface area (Å²) in [5.41, 5.74) is 3.36. The van der Waals surface area contributed by atoms with Crippen LogP contribution >= 0.6 is 0 Å². The van der Waals surface area contributed by atoms with Gasteiger partial charge in [0.25, 0.3) is 11.8 Å². The number of methoxy groups -OCH3 is 1. The maximum atomic E-state index is 13.3. The van der Waals surface area contributed by atoms with Gasteiger partial charge in [0.2, 0.25) is 0 Å². The van der Waals surface area contributed by atoms with Crippen LogP contribution in [0.2, 0.25) is 0 Å². The highest BCUT2D eigenvalue weighted by Gasteiger charge is 2.42. The van der Waals surface area contributed by atoms with Crippen molar-refractivity contribution in [2.45, 2.75) is 19.8 Å². The van der Waals surface area contributed by atoms with E-state index in [0.717, 1.165) is 42.8 Å². The van der Waals surface area contributed by atoms with E-state index in [2.05, 4.69) is 4.90 Å². The number of nitrogens with zero attached hydrogens (tertiary/aromatic N) is 2. The largest absolute Gasteiger partial charge is 0.497 e. The smallest absolute Gasteiger partial charge is 0.282 e. The van der Waals surface area contributed by atoms with Gasteiger partial charge >= 0.3 is 0 Å². The van der Waals surface area contributed by atoms with Crippen molar-refractivity contribution in [1.29, 1.82) is 0 Å².